The smallest absolute Gasteiger partial charge is 0.254 e. The van der Waals surface area contributed by atoms with E-state index in [4.69, 9.17) is 0 Å². The number of piperazine rings is 1. The second kappa shape index (κ2) is 9.86. The van der Waals surface area contributed by atoms with E-state index < -0.39 is 0 Å². The van der Waals surface area contributed by atoms with Gasteiger partial charge in [-0.05, 0) is 41.8 Å². The van der Waals surface area contributed by atoms with E-state index in [0.717, 1.165) is 44.0 Å². The van der Waals surface area contributed by atoms with Gasteiger partial charge in [0.2, 0.25) is 0 Å². The van der Waals surface area contributed by atoms with Crippen molar-refractivity contribution in [1.29, 1.82) is 0 Å². The van der Waals surface area contributed by atoms with Gasteiger partial charge in [-0.25, -0.2) is 5.43 Å². The molecule has 5 heteroatoms. The Morgan fingerprint density at radius 2 is 1.58 bits per heavy atom. The molecular weight excluding hydrogens is 384 g/mol. The van der Waals surface area contributed by atoms with Crippen LogP contribution >= 0.6 is 0 Å². The number of nitrogens with zero attached hydrogens (tertiary/aromatic N) is 3. The molecule has 0 atom stereocenters. The van der Waals surface area contributed by atoms with Gasteiger partial charge in [0.15, 0.2) is 0 Å². The summed E-state index contributed by atoms with van der Waals surface area (Å²) < 4.78 is 0. The summed E-state index contributed by atoms with van der Waals surface area (Å²) in [6.45, 7) is 9.12. The number of hydrazone groups is 1. The van der Waals surface area contributed by atoms with Crippen molar-refractivity contribution < 1.29 is 4.79 Å². The molecule has 1 amide bonds. The Morgan fingerprint density at radius 1 is 0.903 bits per heavy atom. The summed E-state index contributed by atoms with van der Waals surface area (Å²) in [6, 6.07) is 23.2. The molecule has 0 spiro atoms. The molecule has 160 valence electrons. The highest BCUT2D eigenvalue weighted by Gasteiger charge is 2.19. The summed E-state index contributed by atoms with van der Waals surface area (Å²) in [5.74, 6) is -0.0628. The quantitative estimate of drug-likeness (QED) is 0.493. The van der Waals surface area contributed by atoms with Crippen molar-refractivity contribution >= 4 is 22.4 Å². The van der Waals surface area contributed by atoms with Gasteiger partial charge in [-0.1, -0.05) is 66.2 Å². The van der Waals surface area contributed by atoms with Gasteiger partial charge in [0.1, 0.15) is 0 Å². The average Bonchev–Trinajstić information content (AvgIpc) is 2.80. The van der Waals surface area contributed by atoms with E-state index in [1.54, 1.807) is 0 Å². The van der Waals surface area contributed by atoms with Crippen LogP contribution in [0.15, 0.2) is 71.8 Å². The number of rotatable bonds is 6. The van der Waals surface area contributed by atoms with Crippen LogP contribution in [0, 0.1) is 6.92 Å². The molecule has 5 nitrogen and oxygen atoms in total. The van der Waals surface area contributed by atoms with Crippen LogP contribution in [0.4, 0.5) is 0 Å². The molecule has 1 heterocycles. The SMILES string of the molecule is C/C(=N\NC(=O)CN1CCN(Cc2ccc(C)cc2)CC1)c1ccc2ccccc2c1. The van der Waals surface area contributed by atoms with Gasteiger partial charge in [-0.15, -0.1) is 0 Å². The van der Waals surface area contributed by atoms with Gasteiger partial charge >= 0.3 is 0 Å². The van der Waals surface area contributed by atoms with Crippen molar-refractivity contribution in [2.24, 2.45) is 5.10 Å². The number of amides is 1. The summed E-state index contributed by atoms with van der Waals surface area (Å²) in [7, 11) is 0. The van der Waals surface area contributed by atoms with Crippen LogP contribution in [0.1, 0.15) is 23.6 Å². The Kier molecular flexibility index (Phi) is 6.75. The van der Waals surface area contributed by atoms with Crippen molar-refractivity contribution in [1.82, 2.24) is 15.2 Å². The molecule has 0 aliphatic carbocycles. The first-order valence-electron chi connectivity index (χ1n) is 10.9. The summed E-state index contributed by atoms with van der Waals surface area (Å²) >= 11 is 0. The summed E-state index contributed by atoms with van der Waals surface area (Å²) in [6.07, 6.45) is 0. The molecule has 1 aliphatic heterocycles. The van der Waals surface area contributed by atoms with Crippen LogP contribution < -0.4 is 5.43 Å². The molecule has 31 heavy (non-hydrogen) atoms. The molecule has 4 rings (SSSR count). The van der Waals surface area contributed by atoms with Gasteiger partial charge in [0.25, 0.3) is 5.91 Å². The lowest BCUT2D eigenvalue weighted by Gasteiger charge is -2.34. The highest BCUT2D eigenvalue weighted by Crippen LogP contribution is 2.16. The fraction of sp³-hybridized carbons (Fsp3) is 0.308. The topological polar surface area (TPSA) is 47.9 Å². The summed E-state index contributed by atoms with van der Waals surface area (Å²) in [5, 5.41) is 6.69. The maximum Gasteiger partial charge on any atom is 0.254 e. The van der Waals surface area contributed by atoms with Gasteiger partial charge in [-0.2, -0.15) is 5.10 Å². The van der Waals surface area contributed by atoms with Crippen LogP contribution in [0.2, 0.25) is 0 Å². The van der Waals surface area contributed by atoms with Gasteiger partial charge in [0, 0.05) is 32.7 Å². The Labute approximate surface area is 184 Å². The number of carbonyl (C=O) groups is 1. The first-order chi connectivity index (χ1) is 15.1. The van der Waals surface area contributed by atoms with Crippen LogP contribution in [0.5, 0.6) is 0 Å². The van der Waals surface area contributed by atoms with Crippen molar-refractivity contribution in [3.05, 3.63) is 83.4 Å². The minimum atomic E-state index is -0.0628. The predicted molar refractivity (Wildman–Crippen MR) is 127 cm³/mol. The molecule has 0 radical (unpaired) electrons. The number of hydrogen-bond donors (Lipinski definition) is 1. The lowest BCUT2D eigenvalue weighted by molar-refractivity contribution is -0.122. The van der Waals surface area contributed by atoms with E-state index in [9.17, 15) is 4.79 Å². The van der Waals surface area contributed by atoms with E-state index in [-0.39, 0.29) is 5.91 Å². The zero-order chi connectivity index (χ0) is 21.6. The lowest BCUT2D eigenvalue weighted by atomic mass is 10.0. The van der Waals surface area contributed by atoms with Gasteiger partial charge < -0.3 is 0 Å². The second-order valence-corrected chi connectivity index (χ2v) is 8.33. The zero-order valence-electron chi connectivity index (χ0n) is 18.3. The lowest BCUT2D eigenvalue weighted by Crippen LogP contribution is -2.48. The van der Waals surface area contributed by atoms with E-state index in [1.807, 2.05) is 25.1 Å². The highest BCUT2D eigenvalue weighted by atomic mass is 16.2. The third-order valence-electron chi connectivity index (χ3n) is 5.87. The van der Waals surface area contributed by atoms with Crippen molar-refractivity contribution in [2.75, 3.05) is 32.7 Å². The first kappa shape index (κ1) is 21.2. The van der Waals surface area contributed by atoms with E-state index in [2.05, 4.69) is 75.8 Å². The van der Waals surface area contributed by atoms with Crippen molar-refractivity contribution in [2.45, 2.75) is 20.4 Å². The predicted octanol–water partition coefficient (Wildman–Crippen LogP) is 3.81. The molecule has 0 unspecified atom stereocenters. The minimum Gasteiger partial charge on any atom is -0.297 e. The Bertz CT molecular complexity index is 1070. The highest BCUT2D eigenvalue weighted by molar-refractivity contribution is 6.02. The van der Waals surface area contributed by atoms with Crippen LogP contribution in [-0.4, -0.2) is 54.1 Å². The summed E-state index contributed by atoms with van der Waals surface area (Å²) in [4.78, 5) is 17.0. The average molecular weight is 415 g/mol. The van der Waals surface area contributed by atoms with Crippen LogP contribution in [0.25, 0.3) is 10.8 Å². The number of fused-ring (bicyclic) bond motifs is 1. The van der Waals surface area contributed by atoms with E-state index in [1.165, 1.54) is 21.9 Å². The zero-order valence-corrected chi connectivity index (χ0v) is 18.3. The number of carbonyl (C=O) groups excluding carboxylic acids is 1. The molecule has 1 saturated heterocycles. The van der Waals surface area contributed by atoms with E-state index in [0.29, 0.717) is 6.54 Å². The fourth-order valence-corrected chi connectivity index (χ4v) is 3.92. The Morgan fingerprint density at radius 3 is 2.32 bits per heavy atom. The molecule has 1 fully saturated rings. The second-order valence-electron chi connectivity index (χ2n) is 8.33. The van der Waals surface area contributed by atoms with E-state index >= 15 is 0 Å². The maximum absolute atomic E-state index is 12.4. The molecule has 0 bridgehead atoms. The summed E-state index contributed by atoms with van der Waals surface area (Å²) in [5.41, 5.74) is 7.18. The minimum absolute atomic E-state index is 0.0628. The fourth-order valence-electron chi connectivity index (χ4n) is 3.92. The Balaban J connectivity index is 1.24. The third-order valence-corrected chi connectivity index (χ3v) is 5.87. The Hall–Kier alpha value is -3.02. The number of nitrogens with one attached hydrogen (secondary N) is 1. The third kappa shape index (κ3) is 5.78. The van der Waals surface area contributed by atoms with Gasteiger partial charge in [-0.3, -0.25) is 14.6 Å². The molecular formula is C26H30N4O. The number of aryl methyl sites for hydroxylation is 1. The van der Waals surface area contributed by atoms with Crippen LogP contribution in [0.3, 0.4) is 0 Å². The monoisotopic (exact) mass is 414 g/mol. The van der Waals surface area contributed by atoms with Crippen molar-refractivity contribution in [3.63, 3.8) is 0 Å². The molecule has 0 aromatic heterocycles. The number of hydrogen-bond acceptors (Lipinski definition) is 4. The first-order valence-corrected chi connectivity index (χ1v) is 10.9. The standard InChI is InChI=1S/C26H30N4O/c1-20-7-9-22(10-8-20)18-29-13-15-30(16-14-29)19-26(31)28-27-21(2)24-12-11-23-5-3-4-6-25(23)17-24/h3-12,17H,13-16,18-19H2,1-2H3,(H,28,31)/b27-21+. The maximum atomic E-state index is 12.4. The van der Waals surface area contributed by atoms with Crippen molar-refractivity contribution in [3.8, 4) is 0 Å². The molecule has 1 aliphatic rings. The molecule has 1 N–H and O–H groups in total. The largest absolute Gasteiger partial charge is 0.297 e. The molecule has 3 aromatic rings. The van der Waals surface area contributed by atoms with Crippen LogP contribution in [-0.2, 0) is 11.3 Å². The normalized spacial score (nSPS) is 15.9. The van der Waals surface area contributed by atoms with Gasteiger partial charge in [0.05, 0.1) is 12.3 Å². The molecule has 3 aromatic carbocycles. The number of benzene rings is 3. The molecule has 0 saturated carbocycles.